The van der Waals surface area contributed by atoms with Crippen molar-refractivity contribution < 1.29 is 19.7 Å². The van der Waals surface area contributed by atoms with Gasteiger partial charge in [-0.25, -0.2) is 0 Å². The number of benzene rings is 2. The molecule has 0 aromatic heterocycles. The third-order valence-corrected chi connectivity index (χ3v) is 5.79. The summed E-state index contributed by atoms with van der Waals surface area (Å²) in [6.45, 7) is 0. The van der Waals surface area contributed by atoms with E-state index in [0.29, 0.717) is 11.1 Å². The van der Waals surface area contributed by atoms with Crippen molar-refractivity contribution >= 4 is 19.2 Å². The zero-order valence-electron chi connectivity index (χ0n) is 15.5. The summed E-state index contributed by atoms with van der Waals surface area (Å²) in [5, 5.41) is 59.5. The van der Waals surface area contributed by atoms with Crippen molar-refractivity contribution in [3.63, 3.8) is 0 Å². The van der Waals surface area contributed by atoms with Gasteiger partial charge in [0.2, 0.25) is 5.41 Å². The molecule has 0 spiro atoms. The van der Waals surface area contributed by atoms with E-state index in [2.05, 4.69) is 0 Å². The van der Waals surface area contributed by atoms with Gasteiger partial charge in [0.15, 0.2) is 5.92 Å². The molecule has 0 radical (unpaired) electrons. The van der Waals surface area contributed by atoms with Gasteiger partial charge in [0.05, 0.1) is 49.1 Å². The van der Waals surface area contributed by atoms with Gasteiger partial charge < -0.3 is 19.7 Å². The summed E-state index contributed by atoms with van der Waals surface area (Å²) >= 11 is 0. The van der Waals surface area contributed by atoms with Crippen LogP contribution in [0.2, 0.25) is 0 Å². The topological polar surface area (TPSA) is 154 Å². The van der Waals surface area contributed by atoms with Crippen molar-refractivity contribution in [1.82, 2.24) is 0 Å². The van der Waals surface area contributed by atoms with Crippen LogP contribution in [0.4, 0.5) is 0 Å². The van der Waals surface area contributed by atoms with Crippen molar-refractivity contribution in [3.05, 3.63) is 35.9 Å². The lowest BCUT2D eigenvalue weighted by Crippen LogP contribution is -2.32. The fraction of sp³-hybridized carbons (Fsp3) is 0.200. The van der Waals surface area contributed by atoms with Crippen molar-refractivity contribution in [2.24, 2.45) is 5.92 Å². The van der Waals surface area contributed by atoms with Gasteiger partial charge in [-0.3, -0.25) is 0 Å². The minimum Gasteiger partial charge on any atom is -0.507 e. The smallest absolute Gasteiger partial charge is 0.200 e. The van der Waals surface area contributed by atoms with E-state index < -0.39 is 17.1 Å². The summed E-state index contributed by atoms with van der Waals surface area (Å²) in [7, 11) is 2.43. The van der Waals surface area contributed by atoms with E-state index in [1.807, 2.05) is 0 Å². The second kappa shape index (κ2) is 8.81. The molecule has 2 rings (SSSR count). The number of hydrogen-bond acceptors (Lipinski definition) is 8. The number of nitrogens with zero attached hydrogens (tertiary/aromatic N) is 4. The fourth-order valence-electron chi connectivity index (χ4n) is 2.77. The molecular formula is C20H15N4O4P. The van der Waals surface area contributed by atoms with Crippen molar-refractivity contribution in [3.8, 4) is 47.3 Å². The molecule has 8 nitrogen and oxygen atoms in total. The highest BCUT2D eigenvalue weighted by Gasteiger charge is 2.45. The molecule has 1 unspecified atom stereocenters. The molecule has 144 valence electrons. The molecule has 0 fully saturated rings. The maximum atomic E-state index is 10.9. The van der Waals surface area contributed by atoms with Crippen LogP contribution in [0.1, 0.15) is 5.56 Å². The maximum Gasteiger partial charge on any atom is 0.200 e. The Morgan fingerprint density at radius 1 is 0.897 bits per heavy atom. The predicted octanol–water partition coefficient (Wildman–Crippen LogP) is 1.69. The van der Waals surface area contributed by atoms with Gasteiger partial charge in [-0.1, -0.05) is 6.07 Å². The molecule has 0 aliphatic heterocycles. The van der Waals surface area contributed by atoms with Crippen LogP contribution in [0.15, 0.2) is 30.3 Å². The standard InChI is InChI=1S/C20H15N4O4P/c1-27-15-5-3-4-14(25)18(15)29-19-16(28-2)7-6-13(17(19)26)20(10-23,11-24)12(8-21)9-22/h3-7,12,25-26,29H,1-2H3. The van der Waals surface area contributed by atoms with Crippen molar-refractivity contribution in [2.45, 2.75) is 5.41 Å². The highest BCUT2D eigenvalue weighted by molar-refractivity contribution is 7.56. The fourth-order valence-corrected chi connectivity index (χ4v) is 4.11. The average Bonchev–Trinajstić information content (AvgIpc) is 2.74. The zero-order valence-corrected chi connectivity index (χ0v) is 16.5. The van der Waals surface area contributed by atoms with E-state index in [4.69, 9.17) is 9.47 Å². The number of hydrogen-bond donors (Lipinski definition) is 2. The van der Waals surface area contributed by atoms with Gasteiger partial charge in [0.1, 0.15) is 23.0 Å². The second-order valence-electron chi connectivity index (χ2n) is 5.74. The van der Waals surface area contributed by atoms with Crippen molar-refractivity contribution in [1.29, 1.82) is 21.0 Å². The lowest BCUT2D eigenvalue weighted by Gasteiger charge is -2.23. The first-order valence-corrected chi connectivity index (χ1v) is 9.09. The van der Waals surface area contributed by atoms with E-state index in [-0.39, 0.29) is 30.9 Å². The number of aromatic hydroxyl groups is 2. The first-order chi connectivity index (χ1) is 13.9. The van der Waals surface area contributed by atoms with Crippen LogP contribution in [0.3, 0.4) is 0 Å². The Labute approximate surface area is 169 Å². The summed E-state index contributed by atoms with van der Waals surface area (Å²) in [4.78, 5) is 0. The Kier molecular flexibility index (Phi) is 6.48. The van der Waals surface area contributed by atoms with Crippen molar-refractivity contribution in [2.75, 3.05) is 14.2 Å². The van der Waals surface area contributed by atoms with E-state index in [9.17, 15) is 31.3 Å². The van der Waals surface area contributed by atoms with Gasteiger partial charge in [0, 0.05) is 5.56 Å². The molecular weight excluding hydrogens is 391 g/mol. The molecule has 2 N–H and O–H groups in total. The molecule has 0 aliphatic rings. The molecule has 0 saturated heterocycles. The molecule has 29 heavy (non-hydrogen) atoms. The van der Waals surface area contributed by atoms with Crippen LogP contribution in [-0.2, 0) is 5.41 Å². The summed E-state index contributed by atoms with van der Waals surface area (Å²) < 4.78 is 10.5. The minimum atomic E-state index is -2.21. The average molecular weight is 406 g/mol. The summed E-state index contributed by atoms with van der Waals surface area (Å²) in [6.07, 6.45) is 0. The zero-order chi connectivity index (χ0) is 21.6. The lowest BCUT2D eigenvalue weighted by atomic mass is 9.73. The SMILES string of the molecule is COc1cccc(O)c1Pc1c(OC)ccc(C(C#N)(C#N)C(C#N)C#N)c1O. The Morgan fingerprint density at radius 2 is 1.48 bits per heavy atom. The van der Waals surface area contributed by atoms with Crippen LogP contribution < -0.4 is 20.1 Å². The van der Waals surface area contributed by atoms with Crippen LogP contribution in [-0.4, -0.2) is 24.4 Å². The molecule has 9 heteroatoms. The molecule has 0 heterocycles. The highest BCUT2D eigenvalue weighted by atomic mass is 31.1. The van der Waals surface area contributed by atoms with Crippen LogP contribution in [0, 0.1) is 51.2 Å². The van der Waals surface area contributed by atoms with E-state index in [0.717, 1.165) is 0 Å². The number of phenols is 2. The van der Waals surface area contributed by atoms with Crippen LogP contribution in [0.5, 0.6) is 23.0 Å². The highest BCUT2D eigenvalue weighted by Crippen LogP contribution is 2.41. The Morgan fingerprint density at radius 3 is 2.00 bits per heavy atom. The number of rotatable bonds is 6. The molecule has 2 aromatic carbocycles. The van der Waals surface area contributed by atoms with Crippen LogP contribution in [0.25, 0.3) is 0 Å². The van der Waals surface area contributed by atoms with E-state index in [1.54, 1.807) is 36.4 Å². The first kappa shape index (κ1) is 21.3. The molecule has 0 saturated carbocycles. The summed E-state index contributed by atoms with van der Waals surface area (Å²) in [5.41, 5.74) is -2.39. The minimum absolute atomic E-state index is 0.0757. The van der Waals surface area contributed by atoms with Crippen LogP contribution >= 0.6 is 8.58 Å². The number of methoxy groups -OCH3 is 2. The predicted molar refractivity (Wildman–Crippen MR) is 105 cm³/mol. The third kappa shape index (κ3) is 3.59. The lowest BCUT2D eigenvalue weighted by molar-refractivity contribution is 0.409. The largest absolute Gasteiger partial charge is 0.507 e. The number of nitriles is 4. The second-order valence-corrected chi connectivity index (χ2v) is 6.99. The van der Waals surface area contributed by atoms with Gasteiger partial charge in [-0.2, -0.15) is 21.0 Å². The number of ether oxygens (including phenoxy) is 2. The Balaban J connectivity index is 2.78. The monoisotopic (exact) mass is 406 g/mol. The third-order valence-electron chi connectivity index (χ3n) is 4.30. The van der Waals surface area contributed by atoms with Gasteiger partial charge in [-0.15, -0.1) is 0 Å². The molecule has 0 aliphatic carbocycles. The molecule has 0 bridgehead atoms. The summed E-state index contributed by atoms with van der Waals surface area (Å²) in [6, 6.07) is 14.1. The Hall–Kier alpha value is -3.97. The van der Waals surface area contributed by atoms with E-state index >= 15 is 0 Å². The molecule has 1 atom stereocenters. The molecule has 2 aromatic rings. The number of phenolic OH excluding ortho intramolecular Hbond substituents is 2. The quantitative estimate of drug-likeness (QED) is 0.687. The normalized spacial score (nSPS) is 10.7. The van der Waals surface area contributed by atoms with Gasteiger partial charge >= 0.3 is 0 Å². The summed E-state index contributed by atoms with van der Waals surface area (Å²) in [5.74, 6) is -1.56. The molecule has 0 amide bonds. The van der Waals surface area contributed by atoms with Gasteiger partial charge in [0.25, 0.3) is 0 Å². The first-order valence-electron chi connectivity index (χ1n) is 8.09. The maximum absolute atomic E-state index is 10.9. The van der Waals surface area contributed by atoms with E-state index in [1.165, 1.54) is 32.4 Å². The Bertz CT molecular complexity index is 1080. The van der Waals surface area contributed by atoms with Gasteiger partial charge in [-0.05, 0) is 32.8 Å².